The number of carboxylic acids is 1. The van der Waals surface area contributed by atoms with E-state index in [0.717, 1.165) is 6.07 Å². The molecule has 0 spiro atoms. The van der Waals surface area contributed by atoms with Crippen molar-refractivity contribution in [3.8, 4) is 0 Å². The summed E-state index contributed by atoms with van der Waals surface area (Å²) in [5, 5.41) is 8.94. The molecule has 0 heterocycles. The molecule has 0 bridgehead atoms. The zero-order chi connectivity index (χ0) is 16.0. The van der Waals surface area contributed by atoms with Gasteiger partial charge in [-0.2, -0.15) is 16.8 Å². The van der Waals surface area contributed by atoms with E-state index in [4.69, 9.17) is 9.66 Å². The average Bonchev–Trinajstić information content (AvgIpc) is 2.33. The van der Waals surface area contributed by atoms with E-state index in [1.165, 1.54) is 24.3 Å². The molecular formula is C11H8O8S2. The highest BCUT2D eigenvalue weighted by atomic mass is 32.2. The number of fused-ring (bicyclic) bond motifs is 1. The maximum Gasteiger partial charge on any atom is 0.338 e. The highest BCUT2D eigenvalue weighted by molar-refractivity contribution is 7.87. The van der Waals surface area contributed by atoms with Crippen LogP contribution in [0.2, 0.25) is 0 Å². The van der Waals surface area contributed by atoms with Gasteiger partial charge in [-0.25, -0.2) is 4.79 Å². The Morgan fingerprint density at radius 1 is 0.952 bits per heavy atom. The molecule has 0 radical (unpaired) electrons. The van der Waals surface area contributed by atoms with E-state index >= 15 is 0 Å². The van der Waals surface area contributed by atoms with Crippen LogP contribution in [0.15, 0.2) is 40.1 Å². The molecule has 0 fully saturated rings. The Bertz CT molecular complexity index is 957. The Labute approximate surface area is 119 Å². The molecule has 112 valence electrons. The second-order valence-corrected chi connectivity index (χ2v) is 6.80. The minimum Gasteiger partial charge on any atom is -0.478 e. The second kappa shape index (κ2) is 4.77. The van der Waals surface area contributed by atoms with Gasteiger partial charge in [-0.05, 0) is 11.5 Å². The summed E-state index contributed by atoms with van der Waals surface area (Å²) in [5.41, 5.74) is -1.21. The van der Waals surface area contributed by atoms with Gasteiger partial charge in [-0.1, -0.05) is 24.3 Å². The van der Waals surface area contributed by atoms with Crippen LogP contribution in [0.25, 0.3) is 10.8 Å². The van der Waals surface area contributed by atoms with Gasteiger partial charge >= 0.3 is 5.97 Å². The first-order valence-corrected chi connectivity index (χ1v) is 8.15. The van der Waals surface area contributed by atoms with Crippen LogP contribution in [0, 0.1) is 0 Å². The summed E-state index contributed by atoms with van der Waals surface area (Å²) in [4.78, 5) is 9.04. The smallest absolute Gasteiger partial charge is 0.338 e. The number of aromatic carboxylic acids is 1. The lowest BCUT2D eigenvalue weighted by Crippen LogP contribution is -2.15. The van der Waals surface area contributed by atoms with Gasteiger partial charge in [-0.3, -0.25) is 9.11 Å². The summed E-state index contributed by atoms with van der Waals surface area (Å²) in [6.07, 6.45) is 0. The maximum atomic E-state index is 11.5. The molecule has 0 aliphatic rings. The van der Waals surface area contributed by atoms with Gasteiger partial charge in [0.1, 0.15) is 15.4 Å². The first kappa shape index (κ1) is 15.4. The third-order valence-electron chi connectivity index (χ3n) is 2.72. The Morgan fingerprint density at radius 3 is 2.00 bits per heavy atom. The van der Waals surface area contributed by atoms with E-state index in [0.29, 0.717) is 0 Å². The van der Waals surface area contributed by atoms with Crippen molar-refractivity contribution in [3.05, 3.63) is 35.9 Å². The van der Waals surface area contributed by atoms with E-state index in [1.54, 1.807) is 0 Å². The highest BCUT2D eigenvalue weighted by Gasteiger charge is 2.31. The molecule has 10 heteroatoms. The Hall–Kier alpha value is -2.01. The van der Waals surface area contributed by atoms with Crippen LogP contribution in [0.4, 0.5) is 0 Å². The molecular weight excluding hydrogens is 324 g/mol. The Kier molecular flexibility index (Phi) is 3.49. The first-order valence-electron chi connectivity index (χ1n) is 5.27. The molecule has 0 aliphatic heterocycles. The fraction of sp³-hybridized carbons (Fsp3) is 0. The molecule has 0 saturated carbocycles. The van der Waals surface area contributed by atoms with Crippen LogP contribution < -0.4 is 0 Å². The highest BCUT2D eigenvalue weighted by Crippen LogP contribution is 2.32. The monoisotopic (exact) mass is 332 g/mol. The topological polar surface area (TPSA) is 146 Å². The van der Waals surface area contributed by atoms with Crippen LogP contribution in [-0.2, 0) is 20.2 Å². The minimum absolute atomic E-state index is 0.0303. The molecule has 3 N–H and O–H groups in total. The number of benzene rings is 2. The van der Waals surface area contributed by atoms with Crippen molar-refractivity contribution in [2.24, 2.45) is 0 Å². The lowest BCUT2D eigenvalue weighted by molar-refractivity contribution is 0.0687. The number of carboxylic acid groups (broad SMARTS) is 1. The molecule has 8 nitrogen and oxygen atoms in total. The summed E-state index contributed by atoms with van der Waals surface area (Å²) in [6.45, 7) is 0. The number of hydrogen-bond donors (Lipinski definition) is 3. The molecule has 0 saturated heterocycles. The third-order valence-corrected chi connectivity index (χ3v) is 4.53. The zero-order valence-electron chi connectivity index (χ0n) is 10.1. The number of carbonyl (C=O) groups is 1. The Balaban J connectivity index is 3.22. The van der Waals surface area contributed by atoms with E-state index in [9.17, 15) is 26.2 Å². The predicted molar refractivity (Wildman–Crippen MR) is 70.5 cm³/mol. The standard InChI is InChI=1S/C11H8O8S2/c12-11(13)9-8(20(14,15)16)5-6-3-1-2-4-7(6)10(9)21(17,18)19/h1-5H,(H,12,13)(H,14,15,16)(H,17,18,19). The molecule has 2 aromatic carbocycles. The van der Waals surface area contributed by atoms with E-state index in [1.807, 2.05) is 0 Å². The van der Waals surface area contributed by atoms with Crippen LogP contribution in [0.3, 0.4) is 0 Å². The van der Waals surface area contributed by atoms with Crippen molar-refractivity contribution in [2.45, 2.75) is 9.79 Å². The summed E-state index contributed by atoms with van der Waals surface area (Å²) in [6, 6.07) is 6.17. The van der Waals surface area contributed by atoms with E-state index in [-0.39, 0.29) is 10.8 Å². The van der Waals surface area contributed by atoms with E-state index < -0.39 is 41.6 Å². The molecule has 2 rings (SSSR count). The first-order chi connectivity index (χ1) is 9.53. The van der Waals surface area contributed by atoms with Gasteiger partial charge in [0, 0.05) is 5.39 Å². The average molecular weight is 332 g/mol. The van der Waals surface area contributed by atoms with Crippen molar-refractivity contribution >= 4 is 37.0 Å². The molecule has 21 heavy (non-hydrogen) atoms. The lowest BCUT2D eigenvalue weighted by Gasteiger charge is -2.11. The van der Waals surface area contributed by atoms with Crippen molar-refractivity contribution in [1.29, 1.82) is 0 Å². The van der Waals surface area contributed by atoms with Crippen molar-refractivity contribution in [3.63, 3.8) is 0 Å². The normalized spacial score (nSPS) is 12.5. The largest absolute Gasteiger partial charge is 0.478 e. The van der Waals surface area contributed by atoms with Gasteiger partial charge < -0.3 is 5.11 Å². The lowest BCUT2D eigenvalue weighted by atomic mass is 10.1. The fourth-order valence-corrected chi connectivity index (χ4v) is 3.67. The Morgan fingerprint density at radius 2 is 1.52 bits per heavy atom. The molecule has 0 atom stereocenters. The van der Waals surface area contributed by atoms with Crippen molar-refractivity contribution in [1.82, 2.24) is 0 Å². The van der Waals surface area contributed by atoms with Gasteiger partial charge in [0.2, 0.25) is 0 Å². The molecule has 0 aromatic heterocycles. The number of rotatable bonds is 3. The quantitative estimate of drug-likeness (QED) is 0.706. The van der Waals surface area contributed by atoms with Gasteiger partial charge in [0.15, 0.2) is 0 Å². The molecule has 0 unspecified atom stereocenters. The summed E-state index contributed by atoms with van der Waals surface area (Å²) >= 11 is 0. The van der Waals surface area contributed by atoms with Crippen LogP contribution in [-0.4, -0.2) is 37.0 Å². The van der Waals surface area contributed by atoms with Crippen LogP contribution in [0.5, 0.6) is 0 Å². The molecule has 0 amide bonds. The van der Waals surface area contributed by atoms with Crippen molar-refractivity contribution in [2.75, 3.05) is 0 Å². The van der Waals surface area contributed by atoms with E-state index in [2.05, 4.69) is 0 Å². The summed E-state index contributed by atoms with van der Waals surface area (Å²) in [7, 11) is -10.1. The number of hydrogen-bond acceptors (Lipinski definition) is 5. The summed E-state index contributed by atoms with van der Waals surface area (Å²) < 4.78 is 63.9. The van der Waals surface area contributed by atoms with Crippen LogP contribution in [0.1, 0.15) is 10.4 Å². The third kappa shape index (κ3) is 2.74. The van der Waals surface area contributed by atoms with Gasteiger partial charge in [0.25, 0.3) is 20.2 Å². The maximum absolute atomic E-state index is 11.5. The minimum atomic E-state index is -5.04. The van der Waals surface area contributed by atoms with Gasteiger partial charge in [-0.15, -0.1) is 0 Å². The molecule has 0 aliphatic carbocycles. The zero-order valence-corrected chi connectivity index (χ0v) is 11.7. The van der Waals surface area contributed by atoms with Crippen LogP contribution >= 0.6 is 0 Å². The predicted octanol–water partition coefficient (Wildman–Crippen LogP) is 1.03. The fourth-order valence-electron chi connectivity index (χ4n) is 1.96. The SMILES string of the molecule is O=C(O)c1c(S(=O)(=O)O)cc2ccccc2c1S(=O)(=O)O. The van der Waals surface area contributed by atoms with Crippen molar-refractivity contribution < 1.29 is 35.8 Å². The van der Waals surface area contributed by atoms with Gasteiger partial charge in [0.05, 0.1) is 0 Å². The second-order valence-electron chi connectivity index (χ2n) is 4.06. The summed E-state index contributed by atoms with van der Waals surface area (Å²) in [5.74, 6) is -1.92. The molecule has 2 aromatic rings.